The van der Waals surface area contributed by atoms with Gasteiger partial charge >= 0.3 is 11.9 Å². The highest BCUT2D eigenvalue weighted by molar-refractivity contribution is 8.03. The van der Waals surface area contributed by atoms with E-state index in [1.165, 1.54) is 13.8 Å². The second-order valence-corrected chi connectivity index (χ2v) is 19.0. The number of hydrogen-bond donors (Lipinski definition) is 12. The van der Waals surface area contributed by atoms with E-state index in [4.69, 9.17) is 9.47 Å². The molecule has 326 valence electrons. The van der Waals surface area contributed by atoms with E-state index in [0.717, 1.165) is 72.2 Å². The molecule has 12 atom stereocenters. The summed E-state index contributed by atoms with van der Waals surface area (Å²) in [6, 6.07) is -2.38. The predicted octanol–water partition coefficient (Wildman–Crippen LogP) is -1.44. The number of rotatable bonds is 27. The van der Waals surface area contributed by atoms with Crippen molar-refractivity contribution in [1.82, 2.24) is 10.6 Å². The van der Waals surface area contributed by atoms with Gasteiger partial charge < -0.3 is 71.2 Å². The number of carboxylic acids is 2. The van der Waals surface area contributed by atoms with Crippen LogP contribution in [0.5, 0.6) is 0 Å². The highest BCUT2D eigenvalue weighted by Gasteiger charge is 2.56. The first-order valence-electron chi connectivity index (χ1n) is 18.5. The molecule has 0 bridgehead atoms. The van der Waals surface area contributed by atoms with Gasteiger partial charge in [-0.3, -0.25) is 9.59 Å². The summed E-state index contributed by atoms with van der Waals surface area (Å²) in [6.45, 7) is 0.704. The molecule has 2 saturated heterocycles. The number of amides is 2. The minimum absolute atomic E-state index is 0.359. The lowest BCUT2D eigenvalue weighted by molar-refractivity contribution is -0.205. The first-order chi connectivity index (χ1) is 26.4. The molecular formula is C34H60N2O16S4. The van der Waals surface area contributed by atoms with E-state index in [9.17, 15) is 70.2 Å². The van der Waals surface area contributed by atoms with Crippen molar-refractivity contribution in [3.05, 3.63) is 0 Å². The van der Waals surface area contributed by atoms with E-state index in [0.29, 0.717) is 24.3 Å². The number of aliphatic hydroxyl groups excluding tert-OH is 8. The van der Waals surface area contributed by atoms with Crippen LogP contribution in [0.15, 0.2) is 0 Å². The van der Waals surface area contributed by atoms with E-state index < -0.39 is 108 Å². The van der Waals surface area contributed by atoms with Gasteiger partial charge in [-0.15, -0.1) is 23.5 Å². The third-order valence-electron chi connectivity index (χ3n) is 9.28. The fraction of sp³-hybridized carbons (Fsp3) is 0.882. The Kier molecular flexibility index (Phi) is 23.2. The van der Waals surface area contributed by atoms with Gasteiger partial charge in [-0.1, -0.05) is 12.8 Å². The maximum atomic E-state index is 12.3. The van der Waals surface area contributed by atoms with Crippen LogP contribution in [0.1, 0.15) is 65.2 Å². The smallest absolute Gasteiger partial charge is 0.346 e. The molecule has 22 heteroatoms. The van der Waals surface area contributed by atoms with Crippen LogP contribution >= 0.6 is 47.0 Å². The van der Waals surface area contributed by atoms with Gasteiger partial charge in [-0.25, -0.2) is 9.59 Å². The van der Waals surface area contributed by atoms with Crippen LogP contribution in [0.3, 0.4) is 0 Å². The average Bonchev–Trinajstić information content (AvgIpc) is 3.14. The van der Waals surface area contributed by atoms with Crippen molar-refractivity contribution in [2.75, 3.05) is 47.7 Å². The number of hydrogen-bond acceptors (Lipinski definition) is 18. The maximum absolute atomic E-state index is 12.3. The highest BCUT2D eigenvalue weighted by Crippen LogP contribution is 2.42. The molecule has 0 spiro atoms. The van der Waals surface area contributed by atoms with Crippen molar-refractivity contribution in [3.8, 4) is 0 Å². The average molecular weight is 881 g/mol. The fourth-order valence-corrected chi connectivity index (χ4v) is 11.0. The summed E-state index contributed by atoms with van der Waals surface area (Å²) < 4.78 is 11.6. The first kappa shape index (κ1) is 51.0. The summed E-state index contributed by atoms with van der Waals surface area (Å²) in [6.07, 6.45) is -8.57. The number of aliphatic carboxylic acids is 2. The molecule has 0 unspecified atom stereocenters. The minimum Gasteiger partial charge on any atom is -0.478 e. The molecule has 2 rings (SSSR count). The van der Waals surface area contributed by atoms with Gasteiger partial charge in [-0.05, 0) is 48.7 Å². The van der Waals surface area contributed by atoms with E-state index in [1.807, 2.05) is 0 Å². The number of thioether (sulfide) groups is 4. The van der Waals surface area contributed by atoms with Gasteiger partial charge in [0, 0.05) is 38.2 Å². The molecule has 2 fully saturated rings. The molecule has 12 N–H and O–H groups in total. The van der Waals surface area contributed by atoms with Gasteiger partial charge in [0.2, 0.25) is 21.7 Å². The Morgan fingerprint density at radius 2 is 0.946 bits per heavy atom. The molecule has 2 aliphatic rings. The van der Waals surface area contributed by atoms with Crippen molar-refractivity contribution in [2.24, 2.45) is 0 Å². The zero-order chi connectivity index (χ0) is 42.1. The van der Waals surface area contributed by atoms with Crippen LogP contribution in [-0.4, -0.2) is 193 Å². The predicted molar refractivity (Wildman–Crippen MR) is 212 cm³/mol. The van der Waals surface area contributed by atoms with Crippen LogP contribution in [0.4, 0.5) is 0 Å². The molecule has 0 aromatic rings. The van der Waals surface area contributed by atoms with Crippen molar-refractivity contribution in [1.29, 1.82) is 0 Å². The Morgan fingerprint density at radius 3 is 1.25 bits per heavy atom. The lowest BCUT2D eigenvalue weighted by Gasteiger charge is -2.46. The number of carbonyl (C=O) groups is 4. The number of unbranched alkanes of at least 4 members (excludes halogenated alkanes) is 4. The van der Waals surface area contributed by atoms with Crippen molar-refractivity contribution < 1.29 is 79.7 Å². The summed E-state index contributed by atoms with van der Waals surface area (Å²) in [4.78, 5) is 44.2. The van der Waals surface area contributed by atoms with Crippen LogP contribution in [0.25, 0.3) is 0 Å². The summed E-state index contributed by atoms with van der Waals surface area (Å²) in [5.41, 5.74) is 0. The summed E-state index contributed by atoms with van der Waals surface area (Å²) >= 11 is 5.56. The molecule has 0 saturated carbocycles. The van der Waals surface area contributed by atoms with Gasteiger partial charge in [0.25, 0.3) is 0 Å². The Morgan fingerprint density at radius 1 is 0.607 bits per heavy atom. The second kappa shape index (κ2) is 25.5. The zero-order valence-corrected chi connectivity index (χ0v) is 34.9. The molecular weight excluding hydrogens is 821 g/mol. The Hall–Kier alpha value is -1.12. The van der Waals surface area contributed by atoms with Gasteiger partial charge in [0.1, 0.15) is 36.6 Å². The molecule has 56 heavy (non-hydrogen) atoms. The van der Waals surface area contributed by atoms with Crippen LogP contribution in [0.2, 0.25) is 0 Å². The van der Waals surface area contributed by atoms with Gasteiger partial charge in [0.05, 0.1) is 37.5 Å². The number of nitrogens with one attached hydrogen (secondary N) is 2. The largest absolute Gasteiger partial charge is 0.478 e. The zero-order valence-electron chi connectivity index (χ0n) is 31.6. The molecule has 18 nitrogen and oxygen atoms in total. The molecule has 2 amide bonds. The molecule has 0 aromatic heterocycles. The van der Waals surface area contributed by atoms with Crippen molar-refractivity contribution in [3.63, 3.8) is 0 Å². The molecule has 0 radical (unpaired) electrons. The standard InChI is InChI=1S/C34H60N2O16S4/c1-19(39)35-25-21(41)15-33(31(47)48,51-29(25)27(45)23(43)17-37)55-11-7-3-5-9-53-13-14-54-10-6-4-8-12-56-34(32(49)50)16-22(42)26(36-20(2)40)30(52-34)28(46)24(44)18-38/h21-30,37-38,41-46H,3-18H2,1-2H3,(H,35,39)(H,36,40)(H,47,48)(H,49,50)/t21-,22-,23-,24+,25+,26+,27-,28+,29+,30+,33+,34+/m0/s1. The van der Waals surface area contributed by atoms with Crippen LogP contribution < -0.4 is 10.6 Å². The quantitative estimate of drug-likeness (QED) is 0.0421. The number of ether oxygens (including phenoxy) is 2. The summed E-state index contributed by atoms with van der Waals surface area (Å²) in [5, 5.41) is 106. The molecule has 2 aliphatic heterocycles. The highest BCUT2D eigenvalue weighted by atomic mass is 32.2. The van der Waals surface area contributed by atoms with Crippen LogP contribution in [-0.2, 0) is 28.7 Å². The summed E-state index contributed by atoms with van der Waals surface area (Å²) in [5.74, 6) is 0.671. The number of carboxylic acid groups (broad SMARTS) is 2. The second-order valence-electron chi connectivity index (χ2n) is 13.8. The minimum atomic E-state index is -1.92. The SMILES string of the molecule is CC(=O)N[C@H]1[C@H]([C@@H](O)[C@@H](O)CO)O[C@](SCCCCCSCCSCCCCCS[C@@]2(C(=O)O)C[C@H](O)[C@@H](NC(C)=O)[C@H]([C@H](O)[C@H](O)CO)O2)(C(=O)O)C[C@@H]1O. The van der Waals surface area contributed by atoms with Crippen molar-refractivity contribution >= 4 is 70.8 Å². The van der Waals surface area contributed by atoms with E-state index >= 15 is 0 Å². The third kappa shape index (κ3) is 15.5. The Balaban J connectivity index is 1.66. The van der Waals surface area contributed by atoms with Gasteiger partial charge in [-0.2, -0.15) is 23.5 Å². The summed E-state index contributed by atoms with van der Waals surface area (Å²) in [7, 11) is 0. The van der Waals surface area contributed by atoms with E-state index in [-0.39, 0.29) is 12.8 Å². The topological polar surface area (TPSA) is 313 Å². The molecule has 0 aliphatic carbocycles. The Labute approximate surface area is 343 Å². The van der Waals surface area contributed by atoms with E-state index in [2.05, 4.69) is 10.6 Å². The van der Waals surface area contributed by atoms with Gasteiger partial charge in [0.15, 0.2) is 0 Å². The van der Waals surface area contributed by atoms with E-state index in [1.54, 1.807) is 23.5 Å². The molecule has 0 aromatic carbocycles. The third-order valence-corrected chi connectivity index (χ3v) is 14.5. The van der Waals surface area contributed by atoms with Crippen molar-refractivity contribution in [2.45, 2.75) is 136 Å². The Bertz CT molecular complexity index is 1140. The lowest BCUT2D eigenvalue weighted by atomic mass is 9.90. The molecule has 2 heterocycles. The van der Waals surface area contributed by atoms with Crippen LogP contribution in [0, 0.1) is 0 Å². The lowest BCUT2D eigenvalue weighted by Crippen LogP contribution is -2.66. The number of carbonyl (C=O) groups excluding carboxylic acids is 2. The maximum Gasteiger partial charge on any atom is 0.346 e. The normalized spacial score (nSPS) is 30.2. The first-order valence-corrected chi connectivity index (χ1v) is 22.8. The monoisotopic (exact) mass is 880 g/mol. The fourth-order valence-electron chi connectivity index (χ4n) is 6.32. The number of aliphatic hydroxyl groups is 8.